The van der Waals surface area contributed by atoms with Crippen molar-refractivity contribution in [1.29, 1.82) is 0 Å². The smallest absolute Gasteiger partial charge is 0.264 e. The van der Waals surface area contributed by atoms with Gasteiger partial charge in [-0.2, -0.15) is 0 Å². The van der Waals surface area contributed by atoms with E-state index in [1.165, 1.54) is 12.0 Å². The molecule has 6 rings (SSSR count). The van der Waals surface area contributed by atoms with Crippen molar-refractivity contribution >= 4 is 55.0 Å². The molecule has 1 fully saturated rings. The summed E-state index contributed by atoms with van der Waals surface area (Å²) in [7, 11) is 0. The minimum atomic E-state index is -0.273. The first-order valence-electron chi connectivity index (χ1n) is 11.9. The Kier molecular flexibility index (Phi) is 5.87. The van der Waals surface area contributed by atoms with Crippen LogP contribution in [0.5, 0.6) is 0 Å². The van der Waals surface area contributed by atoms with Crippen LogP contribution in [0.1, 0.15) is 68.0 Å². The first kappa shape index (κ1) is 22.8. The molecule has 0 amide bonds. The number of hydrogen-bond donors (Lipinski definition) is 0. The summed E-state index contributed by atoms with van der Waals surface area (Å²) in [5.41, 5.74) is 2.21. The molecule has 4 aromatic rings. The Bertz CT molecular complexity index is 1430. The third-order valence-corrected chi connectivity index (χ3v) is 9.68. The second-order valence-corrected chi connectivity index (χ2v) is 12.9. The lowest BCUT2D eigenvalue weighted by molar-refractivity contribution is -0.0379. The number of nitrogens with zero attached hydrogens (tertiary/aromatic N) is 4. The monoisotopic (exact) mass is 558 g/mol. The number of halogens is 1. The van der Waals surface area contributed by atoms with Gasteiger partial charge in [0.25, 0.3) is 5.56 Å². The van der Waals surface area contributed by atoms with E-state index in [0.717, 1.165) is 68.1 Å². The molecular weight excluding hydrogens is 532 g/mol. The summed E-state index contributed by atoms with van der Waals surface area (Å²) in [5, 5.41) is 10.9. The van der Waals surface area contributed by atoms with Crippen LogP contribution < -0.4 is 5.56 Å². The van der Waals surface area contributed by atoms with Gasteiger partial charge < -0.3 is 4.74 Å². The Labute approximate surface area is 214 Å². The third-order valence-electron chi connectivity index (χ3n) is 6.96. The predicted octanol–water partition coefficient (Wildman–Crippen LogP) is 6.52. The molecule has 9 heteroatoms. The maximum atomic E-state index is 14.0. The largest absolute Gasteiger partial charge is 0.370 e. The Morgan fingerprint density at radius 3 is 2.71 bits per heavy atom. The Balaban J connectivity index is 1.54. The molecule has 1 aromatic carbocycles. The van der Waals surface area contributed by atoms with Crippen LogP contribution in [0.15, 0.2) is 38.7 Å². The Morgan fingerprint density at radius 2 is 1.94 bits per heavy atom. The van der Waals surface area contributed by atoms with Crippen molar-refractivity contribution < 1.29 is 4.74 Å². The highest BCUT2D eigenvalue weighted by Crippen LogP contribution is 2.40. The van der Waals surface area contributed by atoms with E-state index in [1.54, 1.807) is 23.1 Å². The second-order valence-electron chi connectivity index (χ2n) is 9.91. The summed E-state index contributed by atoms with van der Waals surface area (Å²) >= 11 is 6.85. The number of thioether (sulfide) groups is 1. The molecule has 0 atom stereocenters. The van der Waals surface area contributed by atoms with Crippen LogP contribution in [0.4, 0.5) is 0 Å². The molecule has 0 saturated heterocycles. The highest BCUT2D eigenvalue weighted by Gasteiger charge is 2.33. The van der Waals surface area contributed by atoms with Crippen LogP contribution in [0.3, 0.4) is 0 Å². The molecule has 34 heavy (non-hydrogen) atoms. The quantitative estimate of drug-likeness (QED) is 0.267. The maximum Gasteiger partial charge on any atom is 0.264 e. The van der Waals surface area contributed by atoms with E-state index in [4.69, 9.17) is 4.74 Å². The van der Waals surface area contributed by atoms with Gasteiger partial charge in [0.05, 0.1) is 17.6 Å². The van der Waals surface area contributed by atoms with E-state index in [-0.39, 0.29) is 17.2 Å². The standard InChI is InChI=1S/C25H27BrN4O2S2/c1-25(2)12-18-19(13-32-25)34-22-20(18)21(31)29(17-6-4-3-5-7-17)23-27-28-24(30(22)23)33-14-15-8-10-16(26)11-9-15/h8-11,17H,3-7,12-14H2,1-2H3. The summed E-state index contributed by atoms with van der Waals surface area (Å²) in [6.45, 7) is 4.77. The fourth-order valence-corrected chi connectivity index (χ4v) is 7.65. The summed E-state index contributed by atoms with van der Waals surface area (Å²) < 4.78 is 11.3. The van der Waals surface area contributed by atoms with Gasteiger partial charge >= 0.3 is 0 Å². The molecule has 1 aliphatic carbocycles. The second kappa shape index (κ2) is 8.76. The maximum absolute atomic E-state index is 14.0. The van der Waals surface area contributed by atoms with Gasteiger partial charge in [-0.25, -0.2) is 4.40 Å². The van der Waals surface area contributed by atoms with E-state index in [9.17, 15) is 4.79 Å². The van der Waals surface area contributed by atoms with Gasteiger partial charge in [-0.1, -0.05) is 59.1 Å². The number of benzene rings is 1. The van der Waals surface area contributed by atoms with Gasteiger partial charge in [0, 0.05) is 27.6 Å². The predicted molar refractivity (Wildman–Crippen MR) is 141 cm³/mol. The van der Waals surface area contributed by atoms with Crippen molar-refractivity contribution in [2.75, 3.05) is 0 Å². The van der Waals surface area contributed by atoms with Crippen molar-refractivity contribution in [2.45, 2.75) is 81.5 Å². The zero-order valence-electron chi connectivity index (χ0n) is 19.3. The summed E-state index contributed by atoms with van der Waals surface area (Å²) in [4.78, 5) is 16.2. The Hall–Kier alpha value is -1.68. The number of fused-ring (bicyclic) bond motifs is 5. The van der Waals surface area contributed by atoms with Gasteiger partial charge in [0.1, 0.15) is 4.83 Å². The number of thiophene rings is 1. The van der Waals surface area contributed by atoms with Crippen molar-refractivity contribution in [3.8, 4) is 0 Å². The molecule has 1 saturated carbocycles. The summed E-state index contributed by atoms with van der Waals surface area (Å²) in [5.74, 6) is 1.47. The average molecular weight is 560 g/mol. The zero-order valence-corrected chi connectivity index (χ0v) is 22.6. The highest BCUT2D eigenvalue weighted by atomic mass is 79.9. The van der Waals surface area contributed by atoms with Crippen LogP contribution >= 0.6 is 39.0 Å². The fraction of sp³-hybridized carbons (Fsp3) is 0.480. The molecule has 0 radical (unpaired) electrons. The van der Waals surface area contributed by atoms with Gasteiger partial charge in [-0.05, 0) is 49.9 Å². The summed E-state index contributed by atoms with van der Waals surface area (Å²) in [6, 6.07) is 8.55. The van der Waals surface area contributed by atoms with Crippen molar-refractivity contribution in [3.05, 3.63) is 55.1 Å². The van der Waals surface area contributed by atoms with Crippen LogP contribution in [-0.4, -0.2) is 24.8 Å². The minimum absolute atomic E-state index is 0.0986. The normalized spacial score (nSPS) is 18.6. The SMILES string of the molecule is CC1(C)Cc2c(sc3c2c(=O)n(C2CCCCC2)c2nnc(SCc4ccc(Br)cc4)n32)CO1. The van der Waals surface area contributed by atoms with E-state index < -0.39 is 0 Å². The van der Waals surface area contributed by atoms with Gasteiger partial charge in [-0.3, -0.25) is 9.36 Å². The first-order chi connectivity index (χ1) is 16.4. The van der Waals surface area contributed by atoms with E-state index in [1.807, 2.05) is 4.57 Å². The van der Waals surface area contributed by atoms with Crippen molar-refractivity contribution in [3.63, 3.8) is 0 Å². The molecule has 178 valence electrons. The third kappa shape index (κ3) is 3.94. The first-order valence-corrected chi connectivity index (χ1v) is 14.5. The molecule has 4 heterocycles. The van der Waals surface area contributed by atoms with Crippen molar-refractivity contribution in [2.24, 2.45) is 0 Å². The molecule has 3 aromatic heterocycles. The minimum Gasteiger partial charge on any atom is -0.370 e. The molecular formula is C25H27BrN4O2S2. The number of aromatic nitrogens is 4. The van der Waals surface area contributed by atoms with E-state index in [2.05, 4.69) is 68.6 Å². The van der Waals surface area contributed by atoms with Crippen LogP contribution in [-0.2, 0) is 23.5 Å². The lowest BCUT2D eigenvalue weighted by Gasteiger charge is -2.30. The molecule has 2 aliphatic rings. The van der Waals surface area contributed by atoms with E-state index in [0.29, 0.717) is 12.4 Å². The summed E-state index contributed by atoms with van der Waals surface area (Å²) in [6.07, 6.45) is 6.35. The number of rotatable bonds is 4. The highest BCUT2D eigenvalue weighted by molar-refractivity contribution is 9.10. The molecule has 6 nitrogen and oxygen atoms in total. The van der Waals surface area contributed by atoms with Crippen LogP contribution in [0, 0.1) is 0 Å². The lowest BCUT2D eigenvalue weighted by Crippen LogP contribution is -2.33. The molecule has 1 aliphatic heterocycles. The average Bonchev–Trinajstić information content (AvgIpc) is 3.40. The number of ether oxygens (including phenoxy) is 1. The number of hydrogen-bond acceptors (Lipinski definition) is 6. The topological polar surface area (TPSA) is 61.4 Å². The van der Waals surface area contributed by atoms with Gasteiger partial charge in [0.15, 0.2) is 5.16 Å². The molecule has 0 unspecified atom stereocenters. The Morgan fingerprint density at radius 1 is 1.18 bits per heavy atom. The van der Waals surface area contributed by atoms with E-state index >= 15 is 0 Å². The van der Waals surface area contributed by atoms with Crippen LogP contribution in [0.2, 0.25) is 0 Å². The fourth-order valence-electron chi connectivity index (χ4n) is 5.21. The van der Waals surface area contributed by atoms with Gasteiger partial charge in [0.2, 0.25) is 5.78 Å². The zero-order chi connectivity index (χ0) is 23.4. The van der Waals surface area contributed by atoms with Gasteiger partial charge in [-0.15, -0.1) is 21.5 Å². The lowest BCUT2D eigenvalue weighted by atomic mass is 9.93. The molecule has 0 N–H and O–H groups in total. The molecule has 0 bridgehead atoms. The van der Waals surface area contributed by atoms with Crippen molar-refractivity contribution in [1.82, 2.24) is 19.2 Å². The van der Waals surface area contributed by atoms with Crippen LogP contribution in [0.25, 0.3) is 16.0 Å². The molecule has 0 spiro atoms.